The number of aryl methyl sites for hydroxylation is 1. The number of carbonyl (C=O) groups is 2. The van der Waals surface area contributed by atoms with Crippen molar-refractivity contribution in [2.24, 2.45) is 0 Å². The predicted octanol–water partition coefficient (Wildman–Crippen LogP) is 3.03. The summed E-state index contributed by atoms with van der Waals surface area (Å²) in [6.45, 7) is 2.00. The topological polar surface area (TPSA) is 79.7 Å². The molecule has 2 amide bonds. The summed E-state index contributed by atoms with van der Waals surface area (Å²) in [7, 11) is 3.17. The van der Waals surface area contributed by atoms with E-state index in [-0.39, 0.29) is 11.8 Å². The van der Waals surface area contributed by atoms with Gasteiger partial charge in [-0.1, -0.05) is 42.0 Å². The van der Waals surface area contributed by atoms with E-state index in [1.165, 1.54) is 0 Å². The number of benzene rings is 3. The molecule has 7 heteroatoms. The van der Waals surface area contributed by atoms with Crippen molar-refractivity contribution in [2.75, 3.05) is 14.2 Å². The van der Waals surface area contributed by atoms with Crippen molar-refractivity contribution < 1.29 is 23.7 Å². The van der Waals surface area contributed by atoms with Gasteiger partial charge in [0, 0.05) is 11.1 Å². The smallest absolute Gasteiger partial charge is 0.304 e. The van der Waals surface area contributed by atoms with Crippen LogP contribution < -0.4 is 20.2 Å². The third kappa shape index (κ3) is 4.72. The first-order valence-corrected chi connectivity index (χ1v) is 10.6. The summed E-state index contributed by atoms with van der Waals surface area (Å²) in [6.07, 6.45) is 1.82. The second-order valence-electron chi connectivity index (χ2n) is 7.79. The van der Waals surface area contributed by atoms with E-state index >= 15 is 0 Å². The van der Waals surface area contributed by atoms with Crippen molar-refractivity contribution >= 4 is 18.0 Å². The van der Waals surface area contributed by atoms with E-state index in [9.17, 15) is 9.59 Å². The number of hydrogen-bond donors (Lipinski definition) is 2. The lowest BCUT2D eigenvalue weighted by Gasteiger charge is -2.15. The Morgan fingerprint density at radius 1 is 0.970 bits per heavy atom. The summed E-state index contributed by atoms with van der Waals surface area (Å²) in [5.74, 6) is 0.697. The lowest BCUT2D eigenvalue weighted by atomic mass is 9.98. The largest absolute Gasteiger partial charge is 0.497 e. The van der Waals surface area contributed by atoms with Crippen LogP contribution in [-0.2, 0) is 4.79 Å². The minimum Gasteiger partial charge on any atom is -0.497 e. The van der Waals surface area contributed by atoms with Crippen LogP contribution in [0.2, 0.25) is 0 Å². The van der Waals surface area contributed by atoms with Crippen LogP contribution in [0.1, 0.15) is 33.1 Å². The van der Waals surface area contributed by atoms with E-state index in [4.69, 9.17) is 9.47 Å². The van der Waals surface area contributed by atoms with Crippen molar-refractivity contribution in [2.45, 2.75) is 19.0 Å². The van der Waals surface area contributed by atoms with Gasteiger partial charge >= 0.3 is 5.91 Å². The molecule has 0 radical (unpaired) electrons. The standard InChI is InChI=1S/C26H25N3O4/c1-17-8-10-18(11-9-17)24-23(27-25(30)19-12-14-21(32-2)15-13-19)26(31)28-29(24)16-20-6-4-5-7-22(20)33-3/h4-16,23-24H,1-3H3,(H-,27,28,30,31)/p+1/b29-16-. The number of nitrogens with zero attached hydrogens (tertiary/aromatic N) is 1. The van der Waals surface area contributed by atoms with Crippen LogP contribution in [0.15, 0.2) is 72.8 Å². The van der Waals surface area contributed by atoms with Crippen molar-refractivity contribution in [1.29, 1.82) is 0 Å². The zero-order chi connectivity index (χ0) is 23.4. The van der Waals surface area contributed by atoms with Crippen LogP contribution in [0, 0.1) is 6.92 Å². The number of carbonyl (C=O) groups excluding carboxylic acids is 2. The van der Waals surface area contributed by atoms with Crippen LogP contribution in [0.5, 0.6) is 11.5 Å². The summed E-state index contributed by atoms with van der Waals surface area (Å²) < 4.78 is 12.3. The van der Waals surface area contributed by atoms with Crippen LogP contribution >= 0.6 is 0 Å². The van der Waals surface area contributed by atoms with E-state index in [0.29, 0.717) is 17.1 Å². The SMILES string of the molecule is COc1ccc(C(=O)NC2C(=O)N/[N+](=C\c3ccccc3OC)C2c2ccc(C)cc2)cc1. The molecular formula is C26H26N3O4+. The molecule has 1 saturated heterocycles. The maximum absolute atomic E-state index is 13.0. The van der Waals surface area contributed by atoms with Gasteiger partial charge in [-0.15, -0.1) is 10.1 Å². The molecule has 168 valence electrons. The Morgan fingerprint density at radius 2 is 1.67 bits per heavy atom. The summed E-state index contributed by atoms with van der Waals surface area (Å²) >= 11 is 0. The molecule has 0 bridgehead atoms. The van der Waals surface area contributed by atoms with Gasteiger partial charge in [0.15, 0.2) is 6.04 Å². The van der Waals surface area contributed by atoms with Crippen molar-refractivity contribution in [3.8, 4) is 11.5 Å². The number of hydrazine groups is 1. The summed E-state index contributed by atoms with van der Waals surface area (Å²) in [5.41, 5.74) is 6.14. The van der Waals surface area contributed by atoms with E-state index in [0.717, 1.165) is 16.7 Å². The second kappa shape index (κ2) is 9.56. The minimum absolute atomic E-state index is 0.298. The summed E-state index contributed by atoms with van der Waals surface area (Å²) in [5, 5.41) is 2.91. The van der Waals surface area contributed by atoms with Gasteiger partial charge in [0.1, 0.15) is 11.5 Å². The molecule has 2 unspecified atom stereocenters. The first-order chi connectivity index (χ1) is 16.0. The number of ether oxygens (including phenoxy) is 2. The molecule has 0 aromatic heterocycles. The Hall–Kier alpha value is -4.13. The quantitative estimate of drug-likeness (QED) is 0.573. The number of amides is 2. The highest BCUT2D eigenvalue weighted by Crippen LogP contribution is 2.27. The molecule has 2 atom stereocenters. The number of para-hydroxylation sites is 1. The average molecular weight is 445 g/mol. The van der Waals surface area contributed by atoms with Gasteiger partial charge in [-0.3, -0.25) is 9.59 Å². The monoisotopic (exact) mass is 444 g/mol. The fourth-order valence-corrected chi connectivity index (χ4v) is 3.83. The number of rotatable bonds is 6. The van der Waals surface area contributed by atoms with E-state index < -0.39 is 12.1 Å². The highest BCUT2D eigenvalue weighted by atomic mass is 16.5. The first kappa shape index (κ1) is 22.1. The third-order valence-electron chi connectivity index (χ3n) is 5.61. The molecule has 7 nitrogen and oxygen atoms in total. The molecule has 1 heterocycles. The number of methoxy groups -OCH3 is 2. The highest BCUT2D eigenvalue weighted by Gasteiger charge is 2.47. The Balaban J connectivity index is 1.70. The lowest BCUT2D eigenvalue weighted by Crippen LogP contribution is -2.42. The minimum atomic E-state index is -0.798. The molecule has 1 fully saturated rings. The van der Waals surface area contributed by atoms with E-state index in [1.54, 1.807) is 43.2 Å². The molecule has 1 aliphatic rings. The summed E-state index contributed by atoms with van der Waals surface area (Å²) in [4.78, 5) is 26.0. The van der Waals surface area contributed by atoms with Crippen molar-refractivity contribution in [1.82, 2.24) is 10.7 Å². The Labute approximate surface area is 192 Å². The normalized spacial score (nSPS) is 18.6. The zero-order valence-electron chi connectivity index (χ0n) is 18.7. The molecule has 33 heavy (non-hydrogen) atoms. The van der Waals surface area contributed by atoms with Gasteiger partial charge in [-0.25, -0.2) is 0 Å². The summed E-state index contributed by atoms with van der Waals surface area (Å²) in [6, 6.07) is 21.0. The van der Waals surface area contributed by atoms with Crippen molar-refractivity contribution in [3.63, 3.8) is 0 Å². The van der Waals surface area contributed by atoms with Crippen molar-refractivity contribution in [3.05, 3.63) is 95.1 Å². The van der Waals surface area contributed by atoms with Gasteiger partial charge in [0.2, 0.25) is 12.3 Å². The van der Waals surface area contributed by atoms with Gasteiger partial charge in [-0.2, -0.15) is 0 Å². The molecule has 0 spiro atoms. The zero-order valence-corrected chi connectivity index (χ0v) is 18.7. The highest BCUT2D eigenvalue weighted by molar-refractivity contribution is 5.98. The van der Waals surface area contributed by atoms with Gasteiger partial charge in [-0.05, 0) is 43.3 Å². The molecule has 0 saturated carbocycles. The van der Waals surface area contributed by atoms with Gasteiger partial charge < -0.3 is 14.8 Å². The van der Waals surface area contributed by atoms with Gasteiger partial charge in [0.05, 0.1) is 19.8 Å². The van der Waals surface area contributed by atoms with E-state index in [1.807, 2.05) is 61.7 Å². The van der Waals surface area contributed by atoms with Crippen LogP contribution in [-0.4, -0.2) is 43.0 Å². The number of nitrogens with one attached hydrogen (secondary N) is 2. The van der Waals surface area contributed by atoms with Crippen LogP contribution in [0.3, 0.4) is 0 Å². The second-order valence-corrected chi connectivity index (χ2v) is 7.79. The third-order valence-corrected chi connectivity index (χ3v) is 5.61. The fourth-order valence-electron chi connectivity index (χ4n) is 3.83. The molecule has 1 aliphatic heterocycles. The maximum atomic E-state index is 13.0. The fraction of sp³-hybridized carbons (Fsp3) is 0.192. The van der Waals surface area contributed by atoms with Crippen LogP contribution in [0.4, 0.5) is 0 Å². The Morgan fingerprint density at radius 3 is 2.33 bits per heavy atom. The molecule has 0 aliphatic carbocycles. The lowest BCUT2D eigenvalue weighted by molar-refractivity contribution is -0.596. The number of hydrogen-bond acceptors (Lipinski definition) is 4. The molecule has 4 rings (SSSR count). The average Bonchev–Trinajstić information content (AvgIpc) is 3.14. The predicted molar refractivity (Wildman–Crippen MR) is 125 cm³/mol. The van der Waals surface area contributed by atoms with E-state index in [2.05, 4.69) is 10.7 Å². The molecule has 2 N–H and O–H groups in total. The molecule has 3 aromatic rings. The number of hydrazone groups is 1. The van der Waals surface area contributed by atoms with Gasteiger partial charge in [0.25, 0.3) is 5.91 Å². The molecule has 3 aromatic carbocycles. The Kier molecular flexibility index (Phi) is 6.40. The Bertz CT molecular complexity index is 1190. The first-order valence-electron chi connectivity index (χ1n) is 10.6. The maximum Gasteiger partial charge on any atom is 0.304 e. The van der Waals surface area contributed by atoms with Crippen LogP contribution in [0.25, 0.3) is 0 Å². The molecular weight excluding hydrogens is 418 g/mol.